The van der Waals surface area contributed by atoms with Crippen LogP contribution >= 0.6 is 0 Å². The summed E-state index contributed by atoms with van der Waals surface area (Å²) in [6.45, 7) is 2.87. The molecule has 0 radical (unpaired) electrons. The third-order valence-electron chi connectivity index (χ3n) is 2.03. The number of aromatic nitrogens is 1. The van der Waals surface area contributed by atoms with Gasteiger partial charge in [-0.2, -0.15) is 0 Å². The number of nitrogens with two attached hydrogens (primary N) is 1. The number of nitrogens with zero attached hydrogens (tertiary/aromatic N) is 1. The van der Waals surface area contributed by atoms with Gasteiger partial charge in [0.05, 0.1) is 0 Å². The SMILES string of the molecule is CCC[C@@H](CN)c1ccccn1. The van der Waals surface area contributed by atoms with Crippen LogP contribution in [-0.2, 0) is 0 Å². The summed E-state index contributed by atoms with van der Waals surface area (Å²) in [6, 6.07) is 6.00. The Morgan fingerprint density at radius 3 is 2.83 bits per heavy atom. The first kappa shape index (κ1) is 9.20. The van der Waals surface area contributed by atoms with Gasteiger partial charge < -0.3 is 5.73 Å². The molecule has 0 aliphatic rings. The Labute approximate surface area is 73.8 Å². The van der Waals surface area contributed by atoms with Crippen LogP contribution in [0.5, 0.6) is 0 Å². The molecule has 0 saturated heterocycles. The molecule has 2 N–H and O–H groups in total. The van der Waals surface area contributed by atoms with Crippen molar-refractivity contribution in [1.82, 2.24) is 4.98 Å². The van der Waals surface area contributed by atoms with Crippen molar-refractivity contribution in [3.05, 3.63) is 30.1 Å². The van der Waals surface area contributed by atoms with E-state index in [1.54, 1.807) is 0 Å². The lowest BCUT2D eigenvalue weighted by Gasteiger charge is -2.11. The zero-order valence-electron chi connectivity index (χ0n) is 7.53. The second-order valence-electron chi connectivity index (χ2n) is 2.98. The molecule has 66 valence electrons. The number of hydrogen-bond acceptors (Lipinski definition) is 2. The smallest absolute Gasteiger partial charge is 0.0447 e. The van der Waals surface area contributed by atoms with Gasteiger partial charge >= 0.3 is 0 Å². The van der Waals surface area contributed by atoms with Gasteiger partial charge in [0.15, 0.2) is 0 Å². The third kappa shape index (κ3) is 2.31. The highest BCUT2D eigenvalue weighted by molar-refractivity contribution is 5.09. The van der Waals surface area contributed by atoms with E-state index in [4.69, 9.17) is 5.73 Å². The second kappa shape index (κ2) is 4.88. The summed E-state index contributed by atoms with van der Waals surface area (Å²) in [7, 11) is 0. The minimum atomic E-state index is 0.441. The van der Waals surface area contributed by atoms with Gasteiger partial charge in [0, 0.05) is 24.4 Å². The Balaban J connectivity index is 2.66. The summed E-state index contributed by atoms with van der Waals surface area (Å²) in [5.74, 6) is 0.441. The summed E-state index contributed by atoms with van der Waals surface area (Å²) in [5.41, 5.74) is 6.78. The highest BCUT2D eigenvalue weighted by Crippen LogP contribution is 2.16. The lowest BCUT2D eigenvalue weighted by molar-refractivity contribution is 0.607. The molecule has 0 spiro atoms. The molecule has 0 saturated carbocycles. The maximum Gasteiger partial charge on any atom is 0.0447 e. The average molecular weight is 164 g/mol. The van der Waals surface area contributed by atoms with Gasteiger partial charge in [-0.3, -0.25) is 4.98 Å². The van der Waals surface area contributed by atoms with Crippen LogP contribution in [0.3, 0.4) is 0 Å². The molecule has 12 heavy (non-hydrogen) atoms. The molecular weight excluding hydrogens is 148 g/mol. The Kier molecular flexibility index (Phi) is 3.74. The van der Waals surface area contributed by atoms with Crippen LogP contribution in [0.2, 0.25) is 0 Å². The van der Waals surface area contributed by atoms with Crippen molar-refractivity contribution in [2.45, 2.75) is 25.7 Å². The van der Waals surface area contributed by atoms with Gasteiger partial charge in [0.25, 0.3) is 0 Å². The Morgan fingerprint density at radius 2 is 2.33 bits per heavy atom. The fourth-order valence-electron chi connectivity index (χ4n) is 1.35. The highest BCUT2D eigenvalue weighted by atomic mass is 14.7. The van der Waals surface area contributed by atoms with Gasteiger partial charge in [-0.1, -0.05) is 19.4 Å². The first-order valence-corrected chi connectivity index (χ1v) is 4.49. The molecule has 2 nitrogen and oxygen atoms in total. The molecule has 0 bridgehead atoms. The van der Waals surface area contributed by atoms with Crippen LogP contribution in [0, 0.1) is 0 Å². The molecule has 2 heteroatoms. The van der Waals surface area contributed by atoms with Crippen molar-refractivity contribution in [3.8, 4) is 0 Å². The topological polar surface area (TPSA) is 38.9 Å². The third-order valence-corrected chi connectivity index (χ3v) is 2.03. The van der Waals surface area contributed by atoms with Gasteiger partial charge in [0.2, 0.25) is 0 Å². The van der Waals surface area contributed by atoms with E-state index in [1.807, 2.05) is 24.4 Å². The molecular formula is C10H16N2. The van der Waals surface area contributed by atoms with Crippen molar-refractivity contribution in [3.63, 3.8) is 0 Å². The van der Waals surface area contributed by atoms with Crippen molar-refractivity contribution < 1.29 is 0 Å². The predicted octanol–water partition coefficient (Wildman–Crippen LogP) is 1.92. The van der Waals surface area contributed by atoms with Crippen LogP contribution in [0.4, 0.5) is 0 Å². The largest absolute Gasteiger partial charge is 0.330 e. The summed E-state index contributed by atoms with van der Waals surface area (Å²) in [6.07, 6.45) is 4.12. The lowest BCUT2D eigenvalue weighted by atomic mass is 10.00. The molecule has 1 rings (SSSR count). The van der Waals surface area contributed by atoms with Gasteiger partial charge in [0.1, 0.15) is 0 Å². The van der Waals surface area contributed by atoms with E-state index in [-0.39, 0.29) is 0 Å². The Bertz CT molecular complexity index is 208. The van der Waals surface area contributed by atoms with Crippen molar-refractivity contribution in [2.75, 3.05) is 6.54 Å². The van der Waals surface area contributed by atoms with E-state index in [2.05, 4.69) is 11.9 Å². The zero-order valence-corrected chi connectivity index (χ0v) is 7.53. The molecule has 1 heterocycles. The molecule has 0 aliphatic heterocycles. The van der Waals surface area contributed by atoms with Crippen molar-refractivity contribution in [1.29, 1.82) is 0 Å². The number of pyridine rings is 1. The zero-order chi connectivity index (χ0) is 8.81. The molecule has 0 aliphatic carbocycles. The fourth-order valence-corrected chi connectivity index (χ4v) is 1.35. The molecule has 0 fully saturated rings. The average Bonchev–Trinajstić information content (AvgIpc) is 2.15. The summed E-state index contributed by atoms with van der Waals surface area (Å²) >= 11 is 0. The minimum Gasteiger partial charge on any atom is -0.330 e. The highest BCUT2D eigenvalue weighted by Gasteiger charge is 2.08. The van der Waals surface area contributed by atoms with Gasteiger partial charge in [-0.05, 0) is 18.6 Å². The second-order valence-corrected chi connectivity index (χ2v) is 2.98. The quantitative estimate of drug-likeness (QED) is 0.738. The van der Waals surface area contributed by atoms with E-state index in [0.717, 1.165) is 12.1 Å². The maximum atomic E-state index is 5.65. The van der Waals surface area contributed by atoms with Crippen LogP contribution in [-0.4, -0.2) is 11.5 Å². The molecule has 0 amide bonds. The number of rotatable bonds is 4. The molecule has 1 atom stereocenters. The molecule has 0 aromatic carbocycles. The van der Waals surface area contributed by atoms with Crippen LogP contribution in [0.1, 0.15) is 31.4 Å². The first-order chi connectivity index (χ1) is 5.88. The monoisotopic (exact) mass is 164 g/mol. The summed E-state index contributed by atoms with van der Waals surface area (Å²) in [4.78, 5) is 4.29. The Hall–Kier alpha value is -0.890. The van der Waals surface area contributed by atoms with E-state index in [0.29, 0.717) is 12.5 Å². The summed E-state index contributed by atoms with van der Waals surface area (Å²) < 4.78 is 0. The van der Waals surface area contributed by atoms with Crippen molar-refractivity contribution >= 4 is 0 Å². The minimum absolute atomic E-state index is 0.441. The van der Waals surface area contributed by atoms with E-state index in [9.17, 15) is 0 Å². The normalized spacial score (nSPS) is 12.8. The number of hydrogen-bond donors (Lipinski definition) is 1. The maximum absolute atomic E-state index is 5.65. The van der Waals surface area contributed by atoms with Crippen LogP contribution in [0.15, 0.2) is 24.4 Å². The van der Waals surface area contributed by atoms with Gasteiger partial charge in [-0.25, -0.2) is 0 Å². The summed E-state index contributed by atoms with van der Waals surface area (Å²) in [5, 5.41) is 0. The standard InChI is InChI=1S/C10H16N2/c1-2-5-9(8-11)10-6-3-4-7-12-10/h3-4,6-7,9H,2,5,8,11H2,1H3/t9-/m0/s1. The Morgan fingerprint density at radius 1 is 1.50 bits per heavy atom. The van der Waals surface area contributed by atoms with E-state index < -0.39 is 0 Å². The fraction of sp³-hybridized carbons (Fsp3) is 0.500. The van der Waals surface area contributed by atoms with E-state index in [1.165, 1.54) is 6.42 Å². The van der Waals surface area contributed by atoms with Crippen LogP contribution < -0.4 is 5.73 Å². The predicted molar refractivity (Wildman–Crippen MR) is 50.9 cm³/mol. The van der Waals surface area contributed by atoms with Crippen molar-refractivity contribution in [2.24, 2.45) is 5.73 Å². The van der Waals surface area contributed by atoms with E-state index >= 15 is 0 Å². The molecule has 1 aromatic heterocycles. The van der Waals surface area contributed by atoms with Gasteiger partial charge in [-0.15, -0.1) is 0 Å². The lowest BCUT2D eigenvalue weighted by Crippen LogP contribution is -2.13. The molecule has 0 unspecified atom stereocenters. The first-order valence-electron chi connectivity index (χ1n) is 4.49. The van der Waals surface area contributed by atoms with Crippen LogP contribution in [0.25, 0.3) is 0 Å². The molecule has 1 aromatic rings.